The van der Waals surface area contributed by atoms with Crippen LogP contribution in [0.4, 0.5) is 5.69 Å². The summed E-state index contributed by atoms with van der Waals surface area (Å²) in [6.07, 6.45) is 5.79. The maximum Gasteiger partial charge on any atom is 0.227 e. The normalized spacial score (nSPS) is 22.5. The second-order valence-corrected chi connectivity index (χ2v) is 11.0. The number of hydrogen-bond donors (Lipinski definition) is 1. The van der Waals surface area contributed by atoms with Crippen molar-refractivity contribution in [3.63, 3.8) is 0 Å². The summed E-state index contributed by atoms with van der Waals surface area (Å²) >= 11 is 6.46. The zero-order valence-corrected chi connectivity index (χ0v) is 22.1. The number of likely N-dealkylation sites (tertiary alicyclic amines) is 1. The fourth-order valence-corrected chi connectivity index (χ4v) is 6.11. The third-order valence-corrected chi connectivity index (χ3v) is 8.36. The Morgan fingerprint density at radius 2 is 1.69 bits per heavy atom. The molecule has 0 spiro atoms. The van der Waals surface area contributed by atoms with Crippen molar-refractivity contribution in [2.24, 2.45) is 11.8 Å². The van der Waals surface area contributed by atoms with Crippen molar-refractivity contribution >= 4 is 35.0 Å². The minimum absolute atomic E-state index is 0.00261. The number of rotatable bonds is 5. The summed E-state index contributed by atoms with van der Waals surface area (Å²) in [5.74, 6) is 0.529. The Morgan fingerprint density at radius 1 is 1.00 bits per heavy atom. The number of carbonyl (C=O) groups excluding carboxylic acids is 3. The van der Waals surface area contributed by atoms with Crippen LogP contribution in [0.3, 0.4) is 0 Å². The van der Waals surface area contributed by atoms with Crippen molar-refractivity contribution in [3.8, 4) is 0 Å². The average Bonchev–Trinajstić information content (AvgIpc) is 3.37. The number of piperidine rings is 1. The number of amides is 3. The van der Waals surface area contributed by atoms with Gasteiger partial charge in [0.25, 0.3) is 0 Å². The van der Waals surface area contributed by atoms with Crippen molar-refractivity contribution in [1.82, 2.24) is 14.7 Å². The van der Waals surface area contributed by atoms with Gasteiger partial charge in [-0.2, -0.15) is 0 Å². The van der Waals surface area contributed by atoms with Crippen molar-refractivity contribution in [3.05, 3.63) is 28.3 Å². The van der Waals surface area contributed by atoms with E-state index in [9.17, 15) is 14.4 Å². The van der Waals surface area contributed by atoms with Gasteiger partial charge in [0.15, 0.2) is 0 Å². The lowest BCUT2D eigenvalue weighted by atomic mass is 9.95. The first-order valence-corrected chi connectivity index (χ1v) is 13.5. The van der Waals surface area contributed by atoms with E-state index in [4.69, 9.17) is 11.6 Å². The van der Waals surface area contributed by atoms with Gasteiger partial charge in [-0.1, -0.05) is 24.4 Å². The molecule has 1 aliphatic carbocycles. The maximum atomic E-state index is 13.0. The first-order chi connectivity index (χ1) is 16.7. The lowest BCUT2D eigenvalue weighted by molar-refractivity contribution is -0.140. The molecule has 3 fully saturated rings. The number of nitrogens with zero attached hydrogens (tertiary/aromatic N) is 3. The standard InChI is InChI=1S/C27H39ClN4O3/c1-18-16-30(12-13-32(18)27(35)22-6-4-5-7-22)17-23-14-24(28)15-25(19(23)2)29-26(34)21-8-10-31(11-9-21)20(3)33/h14-15,18,21-22H,4-13,16-17H2,1-3H3,(H,29,34)/t18-/m0/s1. The molecule has 1 saturated carbocycles. The Kier molecular flexibility index (Phi) is 8.38. The van der Waals surface area contributed by atoms with Crippen LogP contribution in [0.2, 0.25) is 5.02 Å². The zero-order chi connectivity index (χ0) is 25.1. The fraction of sp³-hybridized carbons (Fsp3) is 0.667. The molecule has 0 radical (unpaired) electrons. The molecule has 192 valence electrons. The van der Waals surface area contributed by atoms with Crippen LogP contribution in [0.15, 0.2) is 12.1 Å². The van der Waals surface area contributed by atoms with Gasteiger partial charge in [-0.05, 0) is 62.8 Å². The summed E-state index contributed by atoms with van der Waals surface area (Å²) in [4.78, 5) is 43.7. The predicted molar refractivity (Wildman–Crippen MR) is 138 cm³/mol. The second-order valence-electron chi connectivity index (χ2n) is 10.6. The van der Waals surface area contributed by atoms with Crippen molar-refractivity contribution in [1.29, 1.82) is 0 Å². The van der Waals surface area contributed by atoms with Crippen LogP contribution < -0.4 is 5.32 Å². The number of nitrogens with one attached hydrogen (secondary N) is 1. The summed E-state index contributed by atoms with van der Waals surface area (Å²) < 4.78 is 0. The third kappa shape index (κ3) is 6.18. The molecule has 7 nitrogen and oxygen atoms in total. The molecule has 3 amide bonds. The van der Waals surface area contributed by atoms with Gasteiger partial charge in [0, 0.05) is 74.8 Å². The molecule has 4 rings (SSSR count). The molecule has 3 aliphatic rings. The van der Waals surface area contributed by atoms with E-state index < -0.39 is 0 Å². The minimum atomic E-state index is -0.0984. The quantitative estimate of drug-likeness (QED) is 0.658. The Hall–Kier alpha value is -2.12. The van der Waals surface area contributed by atoms with Crippen molar-refractivity contribution in [2.45, 2.75) is 71.9 Å². The third-order valence-electron chi connectivity index (χ3n) is 8.14. The van der Waals surface area contributed by atoms with E-state index in [0.29, 0.717) is 36.9 Å². The Morgan fingerprint density at radius 3 is 2.31 bits per heavy atom. The van der Waals surface area contributed by atoms with E-state index in [2.05, 4.69) is 22.0 Å². The van der Waals surface area contributed by atoms with E-state index in [1.807, 2.05) is 19.1 Å². The Labute approximate surface area is 214 Å². The van der Waals surface area contributed by atoms with E-state index in [-0.39, 0.29) is 29.7 Å². The monoisotopic (exact) mass is 502 g/mol. The van der Waals surface area contributed by atoms with Crippen LogP contribution in [-0.2, 0) is 20.9 Å². The van der Waals surface area contributed by atoms with Crippen LogP contribution >= 0.6 is 11.6 Å². The summed E-state index contributed by atoms with van der Waals surface area (Å²) in [7, 11) is 0. The summed E-state index contributed by atoms with van der Waals surface area (Å²) in [5.41, 5.74) is 2.89. The molecule has 35 heavy (non-hydrogen) atoms. The molecule has 2 saturated heterocycles. The van der Waals surface area contributed by atoms with E-state index in [1.165, 1.54) is 12.8 Å². The predicted octanol–water partition coefficient (Wildman–Crippen LogP) is 4.07. The van der Waals surface area contributed by atoms with Crippen LogP contribution in [0.5, 0.6) is 0 Å². The highest BCUT2D eigenvalue weighted by Crippen LogP contribution is 2.30. The van der Waals surface area contributed by atoms with E-state index >= 15 is 0 Å². The Bertz CT molecular complexity index is 954. The lowest BCUT2D eigenvalue weighted by Crippen LogP contribution is -2.54. The topological polar surface area (TPSA) is 73.0 Å². The van der Waals surface area contributed by atoms with Crippen LogP contribution in [0.25, 0.3) is 0 Å². The van der Waals surface area contributed by atoms with Gasteiger partial charge in [-0.15, -0.1) is 0 Å². The highest BCUT2D eigenvalue weighted by molar-refractivity contribution is 6.31. The lowest BCUT2D eigenvalue weighted by Gasteiger charge is -2.41. The average molecular weight is 503 g/mol. The number of hydrogen-bond acceptors (Lipinski definition) is 4. The van der Waals surface area contributed by atoms with Crippen LogP contribution in [0.1, 0.15) is 63.5 Å². The molecule has 1 atom stereocenters. The number of piperazine rings is 1. The molecule has 2 aliphatic heterocycles. The zero-order valence-electron chi connectivity index (χ0n) is 21.3. The number of benzene rings is 1. The van der Waals surface area contributed by atoms with Gasteiger partial charge >= 0.3 is 0 Å². The van der Waals surface area contributed by atoms with Crippen LogP contribution in [-0.4, -0.2) is 71.2 Å². The van der Waals surface area contributed by atoms with Gasteiger partial charge in [-0.3, -0.25) is 19.3 Å². The van der Waals surface area contributed by atoms with Gasteiger partial charge in [0.2, 0.25) is 17.7 Å². The SMILES string of the molecule is CC(=O)N1CCC(C(=O)Nc2cc(Cl)cc(CN3CCN(C(=O)C4CCCC4)[C@@H](C)C3)c2C)CC1. The number of carbonyl (C=O) groups is 3. The highest BCUT2D eigenvalue weighted by Gasteiger charge is 2.33. The summed E-state index contributed by atoms with van der Waals surface area (Å²) in [6.45, 7) is 10.2. The molecular formula is C27H39ClN4O3. The van der Waals surface area contributed by atoms with Crippen molar-refractivity contribution in [2.75, 3.05) is 38.0 Å². The van der Waals surface area contributed by atoms with Gasteiger partial charge < -0.3 is 15.1 Å². The first-order valence-electron chi connectivity index (χ1n) is 13.1. The fourth-order valence-electron chi connectivity index (χ4n) is 5.87. The summed E-state index contributed by atoms with van der Waals surface area (Å²) in [5, 5.41) is 3.71. The smallest absolute Gasteiger partial charge is 0.227 e. The molecule has 1 aromatic carbocycles. The largest absolute Gasteiger partial charge is 0.343 e. The van der Waals surface area contributed by atoms with Gasteiger partial charge in [0.1, 0.15) is 0 Å². The molecule has 2 heterocycles. The molecule has 0 aromatic heterocycles. The minimum Gasteiger partial charge on any atom is -0.343 e. The molecule has 1 aromatic rings. The number of anilines is 1. The molecular weight excluding hydrogens is 464 g/mol. The van der Waals surface area contributed by atoms with E-state index in [0.717, 1.165) is 55.8 Å². The molecule has 8 heteroatoms. The Balaban J connectivity index is 1.36. The van der Waals surface area contributed by atoms with Crippen LogP contribution in [0, 0.1) is 18.8 Å². The van der Waals surface area contributed by atoms with Gasteiger partial charge in [-0.25, -0.2) is 0 Å². The molecule has 0 bridgehead atoms. The maximum absolute atomic E-state index is 13.0. The highest BCUT2D eigenvalue weighted by atomic mass is 35.5. The summed E-state index contributed by atoms with van der Waals surface area (Å²) in [6, 6.07) is 4.00. The van der Waals surface area contributed by atoms with Crippen molar-refractivity contribution < 1.29 is 14.4 Å². The van der Waals surface area contributed by atoms with Gasteiger partial charge in [0.05, 0.1) is 0 Å². The molecule has 0 unspecified atom stereocenters. The van der Waals surface area contributed by atoms with E-state index in [1.54, 1.807) is 11.8 Å². The number of halogens is 1. The first kappa shape index (κ1) is 26.0. The second kappa shape index (κ2) is 11.3. The molecule has 1 N–H and O–H groups in total.